The van der Waals surface area contributed by atoms with Crippen molar-refractivity contribution in [2.24, 2.45) is 0 Å². The molecule has 2 saturated heterocycles. The van der Waals surface area contributed by atoms with E-state index in [-0.39, 0.29) is 22.8 Å². The van der Waals surface area contributed by atoms with Gasteiger partial charge in [-0.15, -0.1) is 0 Å². The predicted molar refractivity (Wildman–Crippen MR) is 124 cm³/mol. The van der Waals surface area contributed by atoms with Gasteiger partial charge in [0.2, 0.25) is 21.8 Å². The van der Waals surface area contributed by atoms with E-state index in [2.05, 4.69) is 4.72 Å². The Morgan fingerprint density at radius 1 is 1.09 bits per heavy atom. The SMILES string of the molecule is C[C@H](C(=O)N1CCCC[C@@H]1C)N1CC[C@H](NS(=O)(=O)c2ccc3cc(Cl)ccc3c2)C1=O. The second-order valence-corrected chi connectivity index (χ2v) is 10.9. The summed E-state index contributed by atoms with van der Waals surface area (Å²) in [6.07, 6.45) is 3.37. The second-order valence-electron chi connectivity index (χ2n) is 8.70. The highest BCUT2D eigenvalue weighted by Gasteiger charge is 2.40. The molecule has 0 bridgehead atoms. The molecule has 0 unspecified atom stereocenters. The van der Waals surface area contributed by atoms with Gasteiger partial charge >= 0.3 is 0 Å². The minimum Gasteiger partial charge on any atom is -0.338 e. The normalized spacial score (nSPS) is 23.0. The van der Waals surface area contributed by atoms with Crippen LogP contribution in [0, 0.1) is 0 Å². The standard InChI is InChI=1S/C23H28ClN3O4S/c1-15-5-3-4-11-26(15)22(28)16(2)27-12-10-21(23(27)29)25-32(30,31)20-9-7-17-13-19(24)8-6-18(17)14-20/h6-9,13-16,21,25H,3-5,10-12H2,1-2H3/t15-,16+,21-/m0/s1. The zero-order valence-electron chi connectivity index (χ0n) is 18.3. The van der Waals surface area contributed by atoms with Gasteiger partial charge in [0.05, 0.1) is 4.90 Å². The van der Waals surface area contributed by atoms with Crippen LogP contribution in [0.25, 0.3) is 10.8 Å². The maximum absolute atomic E-state index is 13.0. The fourth-order valence-corrected chi connectivity index (χ4v) is 6.05. The minimum atomic E-state index is -3.90. The molecular formula is C23H28ClN3O4S. The molecule has 9 heteroatoms. The summed E-state index contributed by atoms with van der Waals surface area (Å²) in [5.41, 5.74) is 0. The number of sulfonamides is 1. The van der Waals surface area contributed by atoms with Crippen LogP contribution in [0.2, 0.25) is 5.02 Å². The highest BCUT2D eigenvalue weighted by atomic mass is 35.5. The molecule has 2 fully saturated rings. The smallest absolute Gasteiger partial charge is 0.245 e. The van der Waals surface area contributed by atoms with Crippen molar-refractivity contribution in [2.45, 2.75) is 62.6 Å². The Bertz CT molecular complexity index is 1150. The first kappa shape index (κ1) is 23.0. The van der Waals surface area contributed by atoms with Crippen molar-refractivity contribution in [3.63, 3.8) is 0 Å². The molecule has 2 aliphatic heterocycles. The molecule has 0 radical (unpaired) electrons. The first-order chi connectivity index (χ1) is 15.2. The van der Waals surface area contributed by atoms with Crippen molar-refractivity contribution in [3.8, 4) is 0 Å². The number of piperidine rings is 1. The number of amides is 2. The largest absolute Gasteiger partial charge is 0.338 e. The lowest BCUT2D eigenvalue weighted by Gasteiger charge is -2.37. The number of carbonyl (C=O) groups excluding carboxylic acids is 2. The third-order valence-corrected chi connectivity index (χ3v) is 8.24. The van der Waals surface area contributed by atoms with Gasteiger partial charge in [-0.05, 0) is 74.6 Å². The number of carbonyl (C=O) groups is 2. The summed E-state index contributed by atoms with van der Waals surface area (Å²) in [4.78, 5) is 29.4. The number of halogens is 1. The summed E-state index contributed by atoms with van der Waals surface area (Å²) >= 11 is 6.00. The highest BCUT2D eigenvalue weighted by Crippen LogP contribution is 2.25. The lowest BCUT2D eigenvalue weighted by Crippen LogP contribution is -2.53. The number of hydrogen-bond acceptors (Lipinski definition) is 4. The molecule has 0 aromatic heterocycles. The quantitative estimate of drug-likeness (QED) is 0.716. The summed E-state index contributed by atoms with van der Waals surface area (Å²) in [6.45, 7) is 4.81. The van der Waals surface area contributed by atoms with Crippen molar-refractivity contribution in [1.29, 1.82) is 0 Å². The van der Waals surface area contributed by atoms with Crippen molar-refractivity contribution < 1.29 is 18.0 Å². The lowest BCUT2D eigenvalue weighted by atomic mass is 10.0. The van der Waals surface area contributed by atoms with Gasteiger partial charge in [0, 0.05) is 24.2 Å². The van der Waals surface area contributed by atoms with E-state index in [9.17, 15) is 18.0 Å². The molecule has 172 valence electrons. The van der Waals surface area contributed by atoms with Gasteiger partial charge < -0.3 is 9.80 Å². The molecule has 2 aliphatic rings. The molecule has 32 heavy (non-hydrogen) atoms. The van der Waals surface area contributed by atoms with Crippen LogP contribution in [0.3, 0.4) is 0 Å². The molecule has 4 rings (SSSR count). The van der Waals surface area contributed by atoms with Gasteiger partial charge in [-0.25, -0.2) is 8.42 Å². The average Bonchev–Trinajstić information content (AvgIpc) is 3.12. The van der Waals surface area contributed by atoms with E-state index in [1.54, 1.807) is 37.3 Å². The van der Waals surface area contributed by atoms with Crippen molar-refractivity contribution in [1.82, 2.24) is 14.5 Å². The summed E-state index contributed by atoms with van der Waals surface area (Å²) in [6, 6.07) is 8.66. The Kier molecular flexibility index (Phi) is 6.47. The number of fused-ring (bicyclic) bond motifs is 1. The Balaban J connectivity index is 1.46. The van der Waals surface area contributed by atoms with Crippen molar-refractivity contribution in [3.05, 3.63) is 41.4 Å². The van der Waals surface area contributed by atoms with E-state index in [0.717, 1.165) is 30.0 Å². The molecule has 0 aliphatic carbocycles. The molecule has 1 N–H and O–H groups in total. The van der Waals surface area contributed by atoms with Crippen LogP contribution < -0.4 is 4.72 Å². The van der Waals surface area contributed by atoms with E-state index < -0.39 is 22.1 Å². The van der Waals surface area contributed by atoms with Gasteiger partial charge in [0.15, 0.2) is 0 Å². The summed E-state index contributed by atoms with van der Waals surface area (Å²) in [5, 5.41) is 2.15. The first-order valence-electron chi connectivity index (χ1n) is 11.0. The van der Waals surface area contributed by atoms with Crippen LogP contribution in [0.15, 0.2) is 41.3 Å². The van der Waals surface area contributed by atoms with E-state index in [1.807, 2.05) is 11.8 Å². The predicted octanol–water partition coefficient (Wildman–Crippen LogP) is 3.16. The van der Waals surface area contributed by atoms with Crippen LogP contribution in [0.4, 0.5) is 0 Å². The molecule has 2 amide bonds. The molecule has 2 heterocycles. The third-order valence-electron chi connectivity index (χ3n) is 6.53. The van der Waals surface area contributed by atoms with E-state index >= 15 is 0 Å². The molecule has 3 atom stereocenters. The molecule has 7 nitrogen and oxygen atoms in total. The average molecular weight is 478 g/mol. The fourth-order valence-electron chi connectivity index (χ4n) is 4.61. The number of benzene rings is 2. The van der Waals surface area contributed by atoms with Gasteiger partial charge in [0.1, 0.15) is 12.1 Å². The number of nitrogens with zero attached hydrogens (tertiary/aromatic N) is 2. The Labute approximate surface area is 193 Å². The van der Waals surface area contributed by atoms with Crippen molar-refractivity contribution in [2.75, 3.05) is 13.1 Å². The zero-order chi connectivity index (χ0) is 23.0. The molecule has 0 spiro atoms. The highest BCUT2D eigenvalue weighted by molar-refractivity contribution is 7.89. The maximum atomic E-state index is 13.0. The maximum Gasteiger partial charge on any atom is 0.245 e. The van der Waals surface area contributed by atoms with Crippen LogP contribution in [0.1, 0.15) is 39.5 Å². The van der Waals surface area contributed by atoms with Crippen LogP contribution in [-0.4, -0.2) is 61.2 Å². The third kappa shape index (κ3) is 4.49. The first-order valence-corrected chi connectivity index (χ1v) is 12.9. The molecule has 2 aromatic carbocycles. The van der Waals surface area contributed by atoms with Crippen LogP contribution >= 0.6 is 11.6 Å². The Morgan fingerprint density at radius 3 is 2.56 bits per heavy atom. The minimum absolute atomic E-state index is 0.0674. The molecule has 0 saturated carbocycles. The number of hydrogen-bond donors (Lipinski definition) is 1. The van der Waals surface area contributed by atoms with Gasteiger partial charge in [-0.3, -0.25) is 9.59 Å². The van der Waals surface area contributed by atoms with E-state index in [1.165, 1.54) is 11.0 Å². The Morgan fingerprint density at radius 2 is 1.81 bits per heavy atom. The van der Waals surface area contributed by atoms with Crippen molar-refractivity contribution >= 4 is 44.2 Å². The monoisotopic (exact) mass is 477 g/mol. The Hall–Kier alpha value is -2.16. The number of rotatable bonds is 5. The second kappa shape index (κ2) is 9.00. The number of likely N-dealkylation sites (tertiary alicyclic amines) is 2. The van der Waals surface area contributed by atoms with E-state index in [0.29, 0.717) is 24.5 Å². The topological polar surface area (TPSA) is 86.8 Å². The summed E-state index contributed by atoms with van der Waals surface area (Å²) in [5.74, 6) is -0.422. The van der Waals surface area contributed by atoms with Crippen LogP contribution in [-0.2, 0) is 19.6 Å². The lowest BCUT2D eigenvalue weighted by molar-refractivity contribution is -0.145. The van der Waals surface area contributed by atoms with Crippen LogP contribution in [0.5, 0.6) is 0 Å². The van der Waals surface area contributed by atoms with Gasteiger partial charge in [-0.2, -0.15) is 4.72 Å². The molecular weight excluding hydrogens is 450 g/mol. The summed E-state index contributed by atoms with van der Waals surface area (Å²) in [7, 11) is -3.90. The van der Waals surface area contributed by atoms with E-state index in [4.69, 9.17) is 11.6 Å². The van der Waals surface area contributed by atoms with Gasteiger partial charge in [0.25, 0.3) is 0 Å². The molecule has 2 aromatic rings. The fraction of sp³-hybridized carbons (Fsp3) is 0.478. The van der Waals surface area contributed by atoms with Gasteiger partial charge in [-0.1, -0.05) is 23.7 Å². The number of nitrogens with one attached hydrogen (secondary N) is 1. The summed E-state index contributed by atoms with van der Waals surface area (Å²) < 4.78 is 28.5. The zero-order valence-corrected chi connectivity index (χ0v) is 19.8.